The van der Waals surface area contributed by atoms with Crippen molar-refractivity contribution < 1.29 is 9.53 Å². The van der Waals surface area contributed by atoms with E-state index in [2.05, 4.69) is 25.7 Å². The van der Waals surface area contributed by atoms with Crippen LogP contribution in [0.4, 0.5) is 4.79 Å². The van der Waals surface area contributed by atoms with Crippen molar-refractivity contribution in [3.05, 3.63) is 0 Å². The van der Waals surface area contributed by atoms with E-state index in [1.54, 1.807) is 0 Å². The van der Waals surface area contributed by atoms with E-state index in [-0.39, 0.29) is 11.6 Å². The normalized spacial score (nSPS) is 30.0. The van der Waals surface area contributed by atoms with Gasteiger partial charge in [-0.15, -0.1) is 0 Å². The monoisotopic (exact) mass is 296 g/mol. The third-order valence-corrected chi connectivity index (χ3v) is 4.67. The number of rotatable bonds is 3. The molecule has 4 heteroatoms. The van der Waals surface area contributed by atoms with E-state index >= 15 is 0 Å². The van der Waals surface area contributed by atoms with Gasteiger partial charge in [-0.2, -0.15) is 0 Å². The summed E-state index contributed by atoms with van der Waals surface area (Å²) in [6, 6.07) is 0.495. The molecule has 0 aliphatic carbocycles. The molecular weight excluding hydrogens is 264 g/mol. The number of carbonyl (C=O) groups excluding carboxylic acids is 1. The van der Waals surface area contributed by atoms with Crippen LogP contribution in [0.5, 0.6) is 0 Å². The lowest BCUT2D eigenvalue weighted by Crippen LogP contribution is -2.75. The van der Waals surface area contributed by atoms with Crippen LogP contribution in [0.3, 0.4) is 0 Å². The minimum Gasteiger partial charge on any atom is -0.444 e. The largest absolute Gasteiger partial charge is 0.444 e. The molecule has 0 radical (unpaired) electrons. The van der Waals surface area contributed by atoms with E-state index in [4.69, 9.17) is 4.74 Å². The van der Waals surface area contributed by atoms with Gasteiger partial charge in [0.15, 0.2) is 0 Å². The van der Waals surface area contributed by atoms with Gasteiger partial charge in [0, 0.05) is 25.7 Å². The molecule has 0 N–H and O–H groups in total. The molecule has 0 aromatic heterocycles. The van der Waals surface area contributed by atoms with E-state index in [1.165, 1.54) is 0 Å². The molecule has 1 spiro atoms. The number of amides is 1. The van der Waals surface area contributed by atoms with Crippen LogP contribution in [-0.4, -0.2) is 52.7 Å². The molecule has 0 bridgehead atoms. The molecule has 0 saturated carbocycles. The number of nitrogens with zero attached hydrogens (tertiary/aromatic N) is 2. The van der Waals surface area contributed by atoms with Crippen LogP contribution < -0.4 is 0 Å². The Morgan fingerprint density at radius 3 is 2.57 bits per heavy atom. The average Bonchev–Trinajstić information content (AvgIpc) is 2.72. The van der Waals surface area contributed by atoms with Crippen LogP contribution in [0.2, 0.25) is 0 Å². The second kappa shape index (κ2) is 5.79. The lowest BCUT2D eigenvalue weighted by molar-refractivity contribution is -0.0974. The lowest BCUT2D eigenvalue weighted by atomic mass is 9.75. The van der Waals surface area contributed by atoms with E-state index in [0.717, 1.165) is 38.9 Å². The Labute approximate surface area is 129 Å². The second-order valence-electron chi connectivity index (χ2n) is 8.09. The fraction of sp³-hybridized carbons (Fsp3) is 0.941. The van der Waals surface area contributed by atoms with Crippen molar-refractivity contribution in [3.8, 4) is 0 Å². The summed E-state index contributed by atoms with van der Waals surface area (Å²) < 4.78 is 5.63. The van der Waals surface area contributed by atoms with Gasteiger partial charge in [-0.25, -0.2) is 4.79 Å². The summed E-state index contributed by atoms with van der Waals surface area (Å²) in [5.41, 5.74) is -0.379. The van der Waals surface area contributed by atoms with Gasteiger partial charge >= 0.3 is 6.09 Å². The Bertz CT molecular complexity index is 389. The maximum atomic E-state index is 12.5. The predicted octanol–water partition coefficient (Wildman–Crippen LogP) is 3.51. The molecule has 21 heavy (non-hydrogen) atoms. The van der Waals surface area contributed by atoms with Crippen LogP contribution in [0, 0.1) is 5.92 Å². The van der Waals surface area contributed by atoms with E-state index in [1.807, 2.05) is 25.7 Å². The fourth-order valence-electron chi connectivity index (χ4n) is 4.10. The highest BCUT2D eigenvalue weighted by Crippen LogP contribution is 2.45. The van der Waals surface area contributed by atoms with Gasteiger partial charge in [0.1, 0.15) is 5.60 Å². The first-order chi connectivity index (χ1) is 9.69. The molecule has 2 saturated heterocycles. The summed E-state index contributed by atoms with van der Waals surface area (Å²) >= 11 is 0. The molecule has 0 aromatic carbocycles. The highest BCUT2D eigenvalue weighted by atomic mass is 16.6. The third kappa shape index (κ3) is 3.20. The number of hydrogen-bond acceptors (Lipinski definition) is 3. The quantitative estimate of drug-likeness (QED) is 0.799. The van der Waals surface area contributed by atoms with Gasteiger partial charge in [0.2, 0.25) is 0 Å². The molecule has 2 rings (SSSR count). The standard InChI is InChI=1S/C17H32N2O2/c1-7-14-17(12-18(14)11-13(2)3)9-8-10-19(17)15(20)21-16(4,5)6/h13-14H,7-12H2,1-6H3. The molecule has 2 heterocycles. The first-order valence-electron chi connectivity index (χ1n) is 8.44. The van der Waals surface area contributed by atoms with E-state index < -0.39 is 5.60 Å². The van der Waals surface area contributed by atoms with Crippen molar-refractivity contribution in [1.29, 1.82) is 0 Å². The lowest BCUT2D eigenvalue weighted by Gasteiger charge is -2.59. The Morgan fingerprint density at radius 2 is 2.05 bits per heavy atom. The van der Waals surface area contributed by atoms with Crippen molar-refractivity contribution in [1.82, 2.24) is 9.80 Å². The van der Waals surface area contributed by atoms with Crippen molar-refractivity contribution >= 4 is 6.09 Å². The molecule has 2 atom stereocenters. The van der Waals surface area contributed by atoms with Crippen LogP contribution in [0.1, 0.15) is 60.8 Å². The van der Waals surface area contributed by atoms with Gasteiger partial charge in [0.25, 0.3) is 0 Å². The highest BCUT2D eigenvalue weighted by molar-refractivity contribution is 5.70. The molecule has 2 fully saturated rings. The summed E-state index contributed by atoms with van der Waals surface area (Å²) in [5.74, 6) is 0.674. The van der Waals surface area contributed by atoms with Gasteiger partial charge in [-0.05, 0) is 46.0 Å². The summed E-state index contributed by atoms with van der Waals surface area (Å²) in [6.07, 6.45) is 3.21. The first-order valence-corrected chi connectivity index (χ1v) is 8.44. The third-order valence-electron chi connectivity index (χ3n) is 4.67. The molecule has 122 valence electrons. The average molecular weight is 296 g/mol. The van der Waals surface area contributed by atoms with Gasteiger partial charge in [-0.1, -0.05) is 20.8 Å². The van der Waals surface area contributed by atoms with Crippen molar-refractivity contribution in [2.24, 2.45) is 5.92 Å². The van der Waals surface area contributed by atoms with Gasteiger partial charge in [-0.3, -0.25) is 9.80 Å². The number of hydrogen-bond donors (Lipinski definition) is 0. The molecule has 2 unspecified atom stereocenters. The molecule has 1 amide bonds. The highest BCUT2D eigenvalue weighted by Gasteiger charge is 2.59. The summed E-state index contributed by atoms with van der Waals surface area (Å²) in [4.78, 5) is 17.1. The van der Waals surface area contributed by atoms with Crippen LogP contribution in [0.25, 0.3) is 0 Å². The van der Waals surface area contributed by atoms with Crippen LogP contribution in [0.15, 0.2) is 0 Å². The Kier molecular flexibility index (Phi) is 4.57. The number of ether oxygens (including phenoxy) is 1. The molecule has 2 aliphatic rings. The van der Waals surface area contributed by atoms with Crippen molar-refractivity contribution in [2.45, 2.75) is 78.0 Å². The van der Waals surface area contributed by atoms with Gasteiger partial charge in [0.05, 0.1) is 5.54 Å². The summed E-state index contributed by atoms with van der Waals surface area (Å²) in [5, 5.41) is 0. The maximum absolute atomic E-state index is 12.5. The Hall–Kier alpha value is -0.770. The van der Waals surface area contributed by atoms with Crippen LogP contribution >= 0.6 is 0 Å². The number of likely N-dealkylation sites (tertiary alicyclic amines) is 2. The molecule has 0 aromatic rings. The zero-order valence-corrected chi connectivity index (χ0v) is 14.6. The first kappa shape index (κ1) is 16.6. The van der Waals surface area contributed by atoms with Crippen molar-refractivity contribution in [3.63, 3.8) is 0 Å². The SMILES string of the molecule is CCC1N(CC(C)C)CC12CCCN2C(=O)OC(C)(C)C. The Morgan fingerprint density at radius 1 is 1.38 bits per heavy atom. The Balaban J connectivity index is 2.09. The minimum atomic E-state index is -0.413. The zero-order valence-electron chi connectivity index (χ0n) is 14.6. The second-order valence-corrected chi connectivity index (χ2v) is 8.09. The van der Waals surface area contributed by atoms with Gasteiger partial charge < -0.3 is 4.74 Å². The van der Waals surface area contributed by atoms with E-state index in [0.29, 0.717) is 12.0 Å². The topological polar surface area (TPSA) is 32.8 Å². The predicted molar refractivity (Wildman–Crippen MR) is 85.4 cm³/mol. The summed E-state index contributed by atoms with van der Waals surface area (Å²) in [6.45, 7) is 15.6. The molecular formula is C17H32N2O2. The maximum Gasteiger partial charge on any atom is 0.410 e. The minimum absolute atomic E-state index is 0.0337. The van der Waals surface area contributed by atoms with E-state index in [9.17, 15) is 4.79 Å². The van der Waals surface area contributed by atoms with Crippen molar-refractivity contribution in [2.75, 3.05) is 19.6 Å². The zero-order chi connectivity index (χ0) is 15.8. The smallest absolute Gasteiger partial charge is 0.410 e. The number of carbonyl (C=O) groups is 1. The molecule has 4 nitrogen and oxygen atoms in total. The van der Waals surface area contributed by atoms with Crippen LogP contribution in [-0.2, 0) is 4.74 Å². The fourth-order valence-corrected chi connectivity index (χ4v) is 4.10. The molecule has 2 aliphatic heterocycles. The summed E-state index contributed by atoms with van der Waals surface area (Å²) in [7, 11) is 0.